The van der Waals surface area contributed by atoms with Crippen molar-refractivity contribution in [2.45, 2.75) is 13.0 Å². The lowest BCUT2D eigenvalue weighted by molar-refractivity contribution is -0.137. The molecule has 1 aliphatic rings. The average molecular weight is 361 g/mol. The second-order valence-corrected chi connectivity index (χ2v) is 7.22. The Hall–Kier alpha value is -3.08. The maximum absolute atomic E-state index is 13.0. The van der Waals surface area contributed by atoms with Crippen molar-refractivity contribution in [3.63, 3.8) is 0 Å². The van der Waals surface area contributed by atoms with Crippen LogP contribution in [-0.2, 0) is 11.8 Å². The Morgan fingerprint density at radius 2 is 1.78 bits per heavy atom. The van der Waals surface area contributed by atoms with Crippen LogP contribution in [0, 0.1) is 0 Å². The third kappa shape index (κ3) is 2.99. The maximum atomic E-state index is 13.0. The number of amides is 2. The fourth-order valence-electron chi connectivity index (χ4n) is 3.75. The molecule has 1 aliphatic heterocycles. The van der Waals surface area contributed by atoms with Gasteiger partial charge in [0.05, 0.1) is 0 Å². The summed E-state index contributed by atoms with van der Waals surface area (Å²) in [6.45, 7) is 2.92. The van der Waals surface area contributed by atoms with Gasteiger partial charge < -0.3 is 14.4 Å². The number of carbonyl (C=O) groups is 2. The SMILES string of the molecule is C[C@H]1C(=O)N(C)CCN1C(=O)c1cccc(-c2ccc3c(ccn3C)c2)c1. The highest BCUT2D eigenvalue weighted by molar-refractivity contribution is 5.99. The summed E-state index contributed by atoms with van der Waals surface area (Å²) in [7, 11) is 3.81. The molecule has 1 aromatic heterocycles. The molecule has 1 atom stereocenters. The number of aryl methyl sites for hydroxylation is 1. The van der Waals surface area contributed by atoms with Crippen LogP contribution in [0.2, 0.25) is 0 Å². The zero-order valence-electron chi connectivity index (χ0n) is 15.8. The molecule has 1 saturated heterocycles. The zero-order chi connectivity index (χ0) is 19.1. The van der Waals surface area contributed by atoms with Crippen molar-refractivity contribution in [1.82, 2.24) is 14.4 Å². The van der Waals surface area contributed by atoms with Crippen molar-refractivity contribution in [3.8, 4) is 11.1 Å². The van der Waals surface area contributed by atoms with Crippen LogP contribution in [0.15, 0.2) is 54.7 Å². The Labute approximate surface area is 158 Å². The van der Waals surface area contributed by atoms with E-state index in [4.69, 9.17) is 0 Å². The molecule has 0 unspecified atom stereocenters. The van der Waals surface area contributed by atoms with Gasteiger partial charge in [-0.1, -0.05) is 18.2 Å². The minimum Gasteiger partial charge on any atom is -0.351 e. The number of likely N-dealkylation sites (N-methyl/N-ethyl adjacent to an activating group) is 1. The normalized spacial score (nSPS) is 17.6. The number of piperazine rings is 1. The van der Waals surface area contributed by atoms with Crippen molar-refractivity contribution in [3.05, 3.63) is 60.3 Å². The quantitative estimate of drug-likeness (QED) is 0.704. The minimum absolute atomic E-state index is 0.0136. The first-order valence-corrected chi connectivity index (χ1v) is 9.17. The summed E-state index contributed by atoms with van der Waals surface area (Å²) >= 11 is 0. The van der Waals surface area contributed by atoms with Gasteiger partial charge in [-0.05, 0) is 48.4 Å². The summed E-state index contributed by atoms with van der Waals surface area (Å²) in [5, 5.41) is 1.17. The molecule has 4 rings (SSSR count). The molecule has 0 aliphatic carbocycles. The Bertz CT molecular complexity index is 1040. The smallest absolute Gasteiger partial charge is 0.254 e. The van der Waals surface area contributed by atoms with Gasteiger partial charge in [0.15, 0.2) is 0 Å². The van der Waals surface area contributed by atoms with Crippen molar-refractivity contribution >= 4 is 22.7 Å². The van der Waals surface area contributed by atoms with E-state index in [-0.39, 0.29) is 11.8 Å². The fourth-order valence-corrected chi connectivity index (χ4v) is 3.75. The molecule has 0 radical (unpaired) electrons. The van der Waals surface area contributed by atoms with Gasteiger partial charge in [-0.25, -0.2) is 0 Å². The lowest BCUT2D eigenvalue weighted by Gasteiger charge is -2.37. The number of carbonyl (C=O) groups excluding carboxylic acids is 2. The third-order valence-corrected chi connectivity index (χ3v) is 5.47. The first-order chi connectivity index (χ1) is 13.0. The highest BCUT2D eigenvalue weighted by Gasteiger charge is 2.32. The molecule has 5 heteroatoms. The van der Waals surface area contributed by atoms with E-state index in [1.807, 2.05) is 37.5 Å². The summed E-state index contributed by atoms with van der Waals surface area (Å²) in [6.07, 6.45) is 2.04. The van der Waals surface area contributed by atoms with Crippen molar-refractivity contribution in [2.24, 2.45) is 7.05 Å². The van der Waals surface area contributed by atoms with Gasteiger partial charge in [-0.2, -0.15) is 0 Å². The predicted octanol–water partition coefficient (Wildman–Crippen LogP) is 3.15. The molecule has 2 aromatic carbocycles. The van der Waals surface area contributed by atoms with Crippen LogP contribution in [0.3, 0.4) is 0 Å². The van der Waals surface area contributed by atoms with Crippen LogP contribution < -0.4 is 0 Å². The number of nitrogens with zero attached hydrogens (tertiary/aromatic N) is 3. The van der Waals surface area contributed by atoms with Crippen molar-refractivity contribution < 1.29 is 9.59 Å². The number of fused-ring (bicyclic) bond motifs is 1. The number of benzene rings is 2. The Morgan fingerprint density at radius 3 is 2.59 bits per heavy atom. The van der Waals surface area contributed by atoms with E-state index in [2.05, 4.69) is 28.8 Å². The summed E-state index contributed by atoms with van der Waals surface area (Å²) in [5.74, 6) is -0.105. The van der Waals surface area contributed by atoms with Gasteiger partial charge in [-0.15, -0.1) is 0 Å². The van der Waals surface area contributed by atoms with Crippen LogP contribution in [0.25, 0.3) is 22.0 Å². The average Bonchev–Trinajstić information content (AvgIpc) is 3.06. The molecule has 0 spiro atoms. The van der Waals surface area contributed by atoms with Crippen molar-refractivity contribution in [2.75, 3.05) is 20.1 Å². The zero-order valence-corrected chi connectivity index (χ0v) is 15.8. The van der Waals surface area contributed by atoms with E-state index in [1.165, 1.54) is 10.9 Å². The van der Waals surface area contributed by atoms with E-state index in [0.717, 1.165) is 11.1 Å². The topological polar surface area (TPSA) is 45.6 Å². The molecule has 2 amide bonds. The fraction of sp³-hybridized carbons (Fsp3) is 0.273. The lowest BCUT2D eigenvalue weighted by atomic mass is 10.0. The predicted molar refractivity (Wildman–Crippen MR) is 106 cm³/mol. The van der Waals surface area contributed by atoms with Crippen molar-refractivity contribution in [1.29, 1.82) is 0 Å². The van der Waals surface area contributed by atoms with Gasteiger partial charge in [0.25, 0.3) is 5.91 Å². The minimum atomic E-state index is -0.430. The molecule has 5 nitrogen and oxygen atoms in total. The number of hydrogen-bond donors (Lipinski definition) is 0. The highest BCUT2D eigenvalue weighted by Crippen LogP contribution is 2.26. The van der Waals surface area contributed by atoms with Crippen LogP contribution in [0.4, 0.5) is 0 Å². The monoisotopic (exact) mass is 361 g/mol. The number of rotatable bonds is 2. The molecular formula is C22H23N3O2. The molecule has 0 saturated carbocycles. The second kappa shape index (κ2) is 6.58. The van der Waals surface area contributed by atoms with E-state index in [0.29, 0.717) is 18.7 Å². The van der Waals surface area contributed by atoms with Crippen LogP contribution in [0.1, 0.15) is 17.3 Å². The van der Waals surface area contributed by atoms with E-state index in [9.17, 15) is 9.59 Å². The molecule has 27 heavy (non-hydrogen) atoms. The first-order valence-electron chi connectivity index (χ1n) is 9.17. The number of hydrogen-bond acceptors (Lipinski definition) is 2. The second-order valence-electron chi connectivity index (χ2n) is 7.22. The van der Waals surface area contributed by atoms with E-state index in [1.54, 1.807) is 23.8 Å². The molecule has 138 valence electrons. The van der Waals surface area contributed by atoms with Gasteiger partial charge >= 0.3 is 0 Å². The molecule has 2 heterocycles. The van der Waals surface area contributed by atoms with Crippen LogP contribution >= 0.6 is 0 Å². The summed E-state index contributed by atoms with van der Waals surface area (Å²) in [5.41, 5.74) is 3.87. The highest BCUT2D eigenvalue weighted by atomic mass is 16.2. The summed E-state index contributed by atoms with van der Waals surface area (Å²) in [4.78, 5) is 28.6. The molecule has 3 aromatic rings. The van der Waals surface area contributed by atoms with E-state index >= 15 is 0 Å². The first kappa shape index (κ1) is 17.3. The van der Waals surface area contributed by atoms with E-state index < -0.39 is 6.04 Å². The summed E-state index contributed by atoms with van der Waals surface area (Å²) in [6, 6.07) is 15.6. The maximum Gasteiger partial charge on any atom is 0.254 e. The Balaban J connectivity index is 1.65. The lowest BCUT2D eigenvalue weighted by Crippen LogP contribution is -2.56. The van der Waals surface area contributed by atoms with Gasteiger partial charge in [0.1, 0.15) is 6.04 Å². The standard InChI is InChI=1S/C22H23N3O2/c1-15-21(26)24(3)11-12-25(15)22(27)19-6-4-5-16(14-19)17-7-8-20-18(13-17)9-10-23(20)2/h4-10,13-15H,11-12H2,1-3H3/t15-/m0/s1. The molecular weight excluding hydrogens is 338 g/mol. The van der Waals surface area contributed by atoms with Gasteiger partial charge in [0.2, 0.25) is 5.91 Å². The van der Waals surface area contributed by atoms with Gasteiger partial charge in [0, 0.05) is 49.8 Å². The third-order valence-electron chi connectivity index (χ3n) is 5.47. The summed E-state index contributed by atoms with van der Waals surface area (Å²) < 4.78 is 2.09. The van der Waals surface area contributed by atoms with Crippen LogP contribution in [-0.4, -0.2) is 52.4 Å². The molecule has 0 bridgehead atoms. The number of aromatic nitrogens is 1. The van der Waals surface area contributed by atoms with Crippen LogP contribution in [0.5, 0.6) is 0 Å². The largest absolute Gasteiger partial charge is 0.351 e. The Morgan fingerprint density at radius 1 is 1.00 bits per heavy atom. The molecule has 0 N–H and O–H groups in total. The molecule has 1 fully saturated rings. The van der Waals surface area contributed by atoms with Gasteiger partial charge in [-0.3, -0.25) is 9.59 Å². The Kier molecular flexibility index (Phi) is 4.22.